The van der Waals surface area contributed by atoms with Crippen LogP contribution in [0.3, 0.4) is 0 Å². The SMILES string of the molecule is C=C(C)C(=O)OCC[SiH2]C1CCCCO1. The molecule has 86 valence electrons. The van der Waals surface area contributed by atoms with Gasteiger partial charge in [0.15, 0.2) is 0 Å². The Kier molecular flexibility index (Phi) is 5.64. The monoisotopic (exact) mass is 228 g/mol. The molecular formula is C11H20O3Si. The van der Waals surface area contributed by atoms with Crippen molar-refractivity contribution in [1.29, 1.82) is 0 Å². The van der Waals surface area contributed by atoms with Gasteiger partial charge in [-0.3, -0.25) is 0 Å². The first-order valence-electron chi connectivity index (χ1n) is 5.64. The maximum Gasteiger partial charge on any atom is 0.333 e. The molecule has 1 heterocycles. The van der Waals surface area contributed by atoms with Crippen molar-refractivity contribution < 1.29 is 14.3 Å². The molecule has 15 heavy (non-hydrogen) atoms. The Morgan fingerprint density at radius 2 is 2.40 bits per heavy atom. The van der Waals surface area contributed by atoms with Gasteiger partial charge in [0.2, 0.25) is 0 Å². The molecule has 4 heteroatoms. The van der Waals surface area contributed by atoms with E-state index in [9.17, 15) is 4.79 Å². The Balaban J connectivity index is 2.01. The van der Waals surface area contributed by atoms with Gasteiger partial charge in [0.05, 0.1) is 16.1 Å². The number of ether oxygens (including phenoxy) is 2. The normalized spacial score (nSPS) is 21.8. The second kappa shape index (κ2) is 6.79. The van der Waals surface area contributed by atoms with Crippen LogP contribution in [0.25, 0.3) is 0 Å². The molecule has 0 aromatic carbocycles. The van der Waals surface area contributed by atoms with Crippen molar-refractivity contribution in [3.8, 4) is 0 Å². The molecule has 0 saturated carbocycles. The maximum atomic E-state index is 11.1. The molecule has 0 radical (unpaired) electrons. The predicted molar refractivity (Wildman–Crippen MR) is 62.7 cm³/mol. The molecule has 0 aromatic rings. The summed E-state index contributed by atoms with van der Waals surface area (Å²) >= 11 is 0. The van der Waals surface area contributed by atoms with Crippen molar-refractivity contribution in [2.45, 2.75) is 38.0 Å². The Morgan fingerprint density at radius 1 is 1.60 bits per heavy atom. The fraction of sp³-hybridized carbons (Fsp3) is 0.727. The maximum absolute atomic E-state index is 11.1. The standard InChI is InChI=1S/C11H20O3Si/c1-9(2)11(12)14-7-8-15-10-5-3-4-6-13-10/h10H,1,3-8,15H2,2H3. The third-order valence-corrected chi connectivity index (χ3v) is 4.51. The molecule has 0 bridgehead atoms. The van der Waals surface area contributed by atoms with Crippen LogP contribution in [0.1, 0.15) is 26.2 Å². The molecular weight excluding hydrogens is 208 g/mol. The second-order valence-electron chi connectivity index (χ2n) is 4.05. The zero-order chi connectivity index (χ0) is 11.1. The van der Waals surface area contributed by atoms with Crippen LogP contribution >= 0.6 is 0 Å². The van der Waals surface area contributed by atoms with Gasteiger partial charge in [-0.15, -0.1) is 0 Å². The van der Waals surface area contributed by atoms with E-state index in [0.29, 0.717) is 17.9 Å². The highest BCUT2D eigenvalue weighted by atomic mass is 28.2. The summed E-state index contributed by atoms with van der Waals surface area (Å²) in [6.45, 7) is 6.67. The summed E-state index contributed by atoms with van der Waals surface area (Å²) in [5, 5.41) is 0. The van der Waals surface area contributed by atoms with Crippen LogP contribution in [0.2, 0.25) is 6.04 Å². The van der Waals surface area contributed by atoms with E-state index in [1.54, 1.807) is 6.92 Å². The largest absolute Gasteiger partial charge is 0.463 e. The highest BCUT2D eigenvalue weighted by molar-refractivity contribution is 6.37. The Morgan fingerprint density at radius 3 is 3.00 bits per heavy atom. The number of hydrogen-bond acceptors (Lipinski definition) is 3. The summed E-state index contributed by atoms with van der Waals surface area (Å²) in [7, 11) is -0.231. The van der Waals surface area contributed by atoms with Gasteiger partial charge in [0.25, 0.3) is 0 Å². The third-order valence-electron chi connectivity index (χ3n) is 2.53. The summed E-state index contributed by atoms with van der Waals surface area (Å²) in [4.78, 5) is 11.1. The van der Waals surface area contributed by atoms with Gasteiger partial charge in [-0.1, -0.05) is 6.58 Å². The molecule has 3 nitrogen and oxygen atoms in total. The fourth-order valence-corrected chi connectivity index (χ4v) is 3.31. The van der Waals surface area contributed by atoms with E-state index in [0.717, 1.165) is 12.7 Å². The molecule has 1 atom stereocenters. The minimum Gasteiger partial charge on any atom is -0.463 e. The van der Waals surface area contributed by atoms with E-state index in [1.165, 1.54) is 19.3 Å². The van der Waals surface area contributed by atoms with Crippen molar-refractivity contribution in [1.82, 2.24) is 0 Å². The fourth-order valence-electron chi connectivity index (χ4n) is 1.63. The van der Waals surface area contributed by atoms with Gasteiger partial charge in [0, 0.05) is 17.9 Å². The number of carbonyl (C=O) groups excluding carboxylic acids is 1. The molecule has 1 fully saturated rings. The van der Waals surface area contributed by atoms with Crippen molar-refractivity contribution in [3.63, 3.8) is 0 Å². The topological polar surface area (TPSA) is 35.5 Å². The number of esters is 1. The molecule has 1 unspecified atom stereocenters. The lowest BCUT2D eigenvalue weighted by atomic mass is 10.2. The highest BCUT2D eigenvalue weighted by Crippen LogP contribution is 2.12. The van der Waals surface area contributed by atoms with Gasteiger partial charge >= 0.3 is 5.97 Å². The number of carbonyl (C=O) groups is 1. The van der Waals surface area contributed by atoms with E-state index >= 15 is 0 Å². The summed E-state index contributed by atoms with van der Waals surface area (Å²) in [5.74, 6) is -0.270. The van der Waals surface area contributed by atoms with Crippen molar-refractivity contribution in [2.24, 2.45) is 0 Å². The van der Waals surface area contributed by atoms with Crippen molar-refractivity contribution in [3.05, 3.63) is 12.2 Å². The second-order valence-corrected chi connectivity index (χ2v) is 6.24. The predicted octanol–water partition coefficient (Wildman–Crippen LogP) is 1.22. The Bertz CT molecular complexity index is 222. The Labute approximate surface area is 93.7 Å². The molecule has 1 aliphatic heterocycles. The molecule has 1 rings (SSSR count). The number of rotatable bonds is 5. The van der Waals surface area contributed by atoms with Crippen molar-refractivity contribution in [2.75, 3.05) is 13.2 Å². The van der Waals surface area contributed by atoms with Gasteiger partial charge in [-0.05, 0) is 32.2 Å². The van der Waals surface area contributed by atoms with Gasteiger partial charge in [0.1, 0.15) is 0 Å². The quantitative estimate of drug-likeness (QED) is 0.307. The highest BCUT2D eigenvalue weighted by Gasteiger charge is 2.13. The summed E-state index contributed by atoms with van der Waals surface area (Å²) in [5.41, 5.74) is 0.993. The van der Waals surface area contributed by atoms with Crippen LogP contribution in [0.15, 0.2) is 12.2 Å². The average molecular weight is 228 g/mol. The smallest absolute Gasteiger partial charge is 0.333 e. The van der Waals surface area contributed by atoms with Crippen LogP contribution in [-0.4, -0.2) is 34.4 Å². The van der Waals surface area contributed by atoms with Crippen LogP contribution in [0, 0.1) is 0 Å². The third kappa shape index (κ3) is 5.13. The zero-order valence-corrected chi connectivity index (χ0v) is 10.9. The van der Waals surface area contributed by atoms with Gasteiger partial charge < -0.3 is 9.47 Å². The van der Waals surface area contributed by atoms with Gasteiger partial charge in [-0.2, -0.15) is 0 Å². The summed E-state index contributed by atoms with van der Waals surface area (Å²) < 4.78 is 10.7. The zero-order valence-electron chi connectivity index (χ0n) is 9.46. The van der Waals surface area contributed by atoms with E-state index < -0.39 is 0 Å². The van der Waals surface area contributed by atoms with Crippen LogP contribution < -0.4 is 0 Å². The molecule has 1 saturated heterocycles. The number of hydrogen-bond donors (Lipinski definition) is 0. The minimum absolute atomic E-state index is 0.231. The minimum atomic E-state index is -0.270. The van der Waals surface area contributed by atoms with Gasteiger partial charge in [-0.25, -0.2) is 4.79 Å². The van der Waals surface area contributed by atoms with E-state index in [1.807, 2.05) is 0 Å². The van der Waals surface area contributed by atoms with Crippen LogP contribution in [0.4, 0.5) is 0 Å². The molecule has 1 aliphatic rings. The van der Waals surface area contributed by atoms with Crippen LogP contribution in [0.5, 0.6) is 0 Å². The lowest BCUT2D eigenvalue weighted by Gasteiger charge is -2.21. The van der Waals surface area contributed by atoms with Crippen molar-refractivity contribution >= 4 is 15.5 Å². The molecule has 0 aliphatic carbocycles. The Hall–Kier alpha value is -0.613. The van der Waals surface area contributed by atoms with E-state index in [2.05, 4.69) is 6.58 Å². The molecule has 0 aromatic heterocycles. The van der Waals surface area contributed by atoms with E-state index in [4.69, 9.17) is 9.47 Å². The summed E-state index contributed by atoms with van der Waals surface area (Å²) in [6.07, 6.45) is 3.71. The molecule has 0 spiro atoms. The van der Waals surface area contributed by atoms with E-state index in [-0.39, 0.29) is 15.5 Å². The van der Waals surface area contributed by atoms with Crippen LogP contribution in [-0.2, 0) is 14.3 Å². The first kappa shape index (κ1) is 12.5. The lowest BCUT2D eigenvalue weighted by Crippen LogP contribution is -2.26. The first-order valence-corrected chi connectivity index (χ1v) is 7.46. The lowest BCUT2D eigenvalue weighted by molar-refractivity contribution is -0.138. The summed E-state index contributed by atoms with van der Waals surface area (Å²) in [6, 6.07) is 1.02. The molecule has 0 N–H and O–H groups in total. The average Bonchev–Trinajstić information content (AvgIpc) is 2.25. The molecule has 0 amide bonds. The first-order chi connectivity index (χ1) is 7.20.